The molecule has 370 valence electrons. The number of halogens is 2. The summed E-state index contributed by atoms with van der Waals surface area (Å²) in [7, 11) is 2.56. The van der Waals surface area contributed by atoms with Crippen LogP contribution in [0.1, 0.15) is 134 Å². The van der Waals surface area contributed by atoms with Gasteiger partial charge in [0.1, 0.15) is 40.9 Å². The zero-order valence-electron chi connectivity index (χ0n) is 41.4. The third-order valence-corrected chi connectivity index (χ3v) is 15.6. The van der Waals surface area contributed by atoms with Gasteiger partial charge in [-0.3, -0.25) is 0 Å². The minimum absolute atomic E-state index is 0.0209. The van der Waals surface area contributed by atoms with Crippen LogP contribution in [0.25, 0.3) is 21.5 Å². The first-order valence-corrected chi connectivity index (χ1v) is 25.3. The largest absolute Gasteiger partial charge is 0.489 e. The van der Waals surface area contributed by atoms with Crippen molar-refractivity contribution in [3.8, 4) is 11.5 Å². The Morgan fingerprint density at radius 2 is 1.11 bits per heavy atom. The molecule has 8 atom stereocenters. The zero-order chi connectivity index (χ0) is 50.3. The first-order valence-electron chi connectivity index (χ1n) is 25.3. The molecule has 1 saturated carbocycles. The van der Waals surface area contributed by atoms with Crippen molar-refractivity contribution in [1.82, 2.24) is 10.6 Å². The van der Waals surface area contributed by atoms with Gasteiger partial charge in [-0.05, 0) is 124 Å². The second-order valence-electron chi connectivity index (χ2n) is 19.9. The van der Waals surface area contributed by atoms with Crippen molar-refractivity contribution in [1.29, 1.82) is 0 Å². The number of hydrogen-bond acceptors (Lipinski definition) is 8. The Bertz CT molecular complexity index is 3390. The topological polar surface area (TPSA) is 95.1 Å². The number of rotatable bonds is 14. The Kier molecular flexibility index (Phi) is 13.3. The maximum Gasteiger partial charge on any atom is 0.343 e. The number of hydrogen-bond donors (Lipinski definition) is 2. The van der Waals surface area contributed by atoms with Gasteiger partial charge in [-0.15, -0.1) is 0 Å². The van der Waals surface area contributed by atoms with Crippen molar-refractivity contribution in [2.45, 2.75) is 81.1 Å². The smallest absolute Gasteiger partial charge is 0.343 e. The van der Waals surface area contributed by atoms with Gasteiger partial charge in [-0.25, -0.2) is 18.4 Å². The molecule has 2 N–H and O–H groups in total. The highest BCUT2D eigenvalue weighted by Gasteiger charge is 2.42. The molecule has 0 bridgehead atoms. The number of carbonyl (C=O) groups is 2. The highest BCUT2D eigenvalue weighted by atomic mass is 19.1. The first-order chi connectivity index (χ1) is 35.6. The second kappa shape index (κ2) is 20.2. The quantitative estimate of drug-likeness (QED) is 0.104. The van der Waals surface area contributed by atoms with Crippen LogP contribution in [0, 0.1) is 11.6 Å². The van der Waals surface area contributed by atoms with Crippen LogP contribution in [-0.2, 0) is 9.47 Å². The molecule has 8 aromatic rings. The summed E-state index contributed by atoms with van der Waals surface area (Å²) < 4.78 is 54.0. The molecule has 0 saturated heterocycles. The van der Waals surface area contributed by atoms with E-state index in [9.17, 15) is 14.0 Å². The number of nitrogens with one attached hydrogen (secondary N) is 2. The maximum absolute atomic E-state index is 16.0. The summed E-state index contributed by atoms with van der Waals surface area (Å²) in [6.07, 6.45) is 1.63. The van der Waals surface area contributed by atoms with Crippen molar-refractivity contribution < 1.29 is 37.3 Å². The van der Waals surface area contributed by atoms with E-state index >= 15 is 4.39 Å². The molecule has 8 nitrogen and oxygen atoms in total. The molecule has 1 fully saturated rings. The second-order valence-corrected chi connectivity index (χ2v) is 19.9. The van der Waals surface area contributed by atoms with E-state index in [1.165, 1.54) is 35.1 Å². The molecule has 2 aliphatic heterocycles. The third kappa shape index (κ3) is 9.34. The van der Waals surface area contributed by atoms with Gasteiger partial charge >= 0.3 is 11.9 Å². The number of fused-ring (bicyclic) bond motifs is 4. The van der Waals surface area contributed by atoms with Crippen molar-refractivity contribution in [2.75, 3.05) is 27.3 Å². The van der Waals surface area contributed by atoms with E-state index < -0.39 is 29.1 Å². The molecule has 11 rings (SSSR count). The van der Waals surface area contributed by atoms with E-state index in [-0.39, 0.29) is 53.6 Å². The normalized spacial score (nSPS) is 20.7. The lowest BCUT2D eigenvalue weighted by Gasteiger charge is -2.34. The number of esters is 2. The number of para-hydroxylation sites is 2. The number of carbonyl (C=O) groups excluding carboxylic acids is 2. The molecule has 0 spiro atoms. The Morgan fingerprint density at radius 1 is 0.548 bits per heavy atom. The van der Waals surface area contributed by atoms with Crippen LogP contribution in [0.4, 0.5) is 8.78 Å². The lowest BCUT2D eigenvalue weighted by atomic mass is 9.82. The van der Waals surface area contributed by atoms with Gasteiger partial charge in [0, 0.05) is 48.1 Å². The summed E-state index contributed by atoms with van der Waals surface area (Å²) in [6, 6.07) is 52.7. The molecule has 0 aromatic heterocycles. The molecular formula is C63H58F2N2O6. The standard InChI is InChI=1S/C63H58F2N2O6/c1-36(44-19-11-14-38-13-5-6-16-46(38)44)66-34-42-31-52(48-17-7-9-21-58(48)72-42)41-25-26-47(56(30-41)62(68)70-3)55-33-53(55)40-24-23-39-15-12-20-45(51(39)29-40)37(2)67-35-43-32-54(49-18-8-10-22-59(49)73-43)50-27-28-57(64)60(61(50)65)63(69)71-4/h5-30,36-37,42-43,52-55,66-67H,31-35H2,1-4H3. The average molecular weight is 977 g/mol. The number of benzene rings is 8. The van der Waals surface area contributed by atoms with Crippen molar-refractivity contribution in [3.05, 3.63) is 225 Å². The van der Waals surface area contributed by atoms with Gasteiger partial charge < -0.3 is 29.6 Å². The van der Waals surface area contributed by atoms with E-state index in [4.69, 9.17) is 18.9 Å². The monoisotopic (exact) mass is 976 g/mol. The molecule has 8 unspecified atom stereocenters. The average Bonchev–Trinajstić information content (AvgIpc) is 4.24. The summed E-state index contributed by atoms with van der Waals surface area (Å²) in [4.78, 5) is 26.2. The Balaban J connectivity index is 0.804. The summed E-state index contributed by atoms with van der Waals surface area (Å²) in [5.74, 6) is -1.88. The van der Waals surface area contributed by atoms with Crippen LogP contribution in [0.15, 0.2) is 158 Å². The molecule has 3 aliphatic rings. The van der Waals surface area contributed by atoms with Crippen LogP contribution in [0.3, 0.4) is 0 Å². The Morgan fingerprint density at radius 3 is 1.79 bits per heavy atom. The predicted molar refractivity (Wildman–Crippen MR) is 281 cm³/mol. The first kappa shape index (κ1) is 47.9. The molecule has 10 heteroatoms. The van der Waals surface area contributed by atoms with E-state index in [0.29, 0.717) is 30.8 Å². The van der Waals surface area contributed by atoms with Crippen molar-refractivity contribution in [2.24, 2.45) is 0 Å². The number of ether oxygens (including phenoxy) is 4. The van der Waals surface area contributed by atoms with E-state index in [1.54, 1.807) is 0 Å². The van der Waals surface area contributed by atoms with E-state index in [2.05, 4.69) is 134 Å². The van der Waals surface area contributed by atoms with E-state index in [1.807, 2.05) is 36.4 Å². The minimum atomic E-state index is -1.06. The van der Waals surface area contributed by atoms with Crippen molar-refractivity contribution in [3.63, 3.8) is 0 Å². The summed E-state index contributed by atoms with van der Waals surface area (Å²) >= 11 is 0. The highest BCUT2D eigenvalue weighted by Crippen LogP contribution is 2.56. The Labute approximate surface area is 424 Å². The zero-order valence-corrected chi connectivity index (χ0v) is 41.4. The van der Waals surface area contributed by atoms with Gasteiger partial charge in [0.2, 0.25) is 0 Å². The summed E-state index contributed by atoms with van der Waals surface area (Å²) in [5, 5.41) is 12.2. The van der Waals surface area contributed by atoms with Crippen LogP contribution >= 0.6 is 0 Å². The maximum atomic E-state index is 16.0. The lowest BCUT2D eigenvalue weighted by molar-refractivity contribution is 0.0583. The fourth-order valence-electron chi connectivity index (χ4n) is 11.7. The fourth-order valence-corrected chi connectivity index (χ4v) is 11.7. The third-order valence-electron chi connectivity index (χ3n) is 15.6. The molecule has 0 radical (unpaired) electrons. The molecule has 8 aromatic carbocycles. The molecular weight excluding hydrogens is 919 g/mol. The minimum Gasteiger partial charge on any atom is -0.489 e. The molecule has 73 heavy (non-hydrogen) atoms. The van der Waals surface area contributed by atoms with E-state index in [0.717, 1.165) is 70.4 Å². The SMILES string of the molecule is COC(=O)c1cc(C2CC(CNC(C)c3cccc4ccccc34)Oc3ccccc32)ccc1C1CC1c1ccc2cccc(C(C)NCC3CC(c4ccc(F)c(C(=O)OC)c4F)c4ccccc4O3)c2c1. The van der Waals surface area contributed by atoms with Crippen LogP contribution in [0.2, 0.25) is 0 Å². The van der Waals surface area contributed by atoms with Crippen molar-refractivity contribution >= 4 is 33.5 Å². The molecule has 0 amide bonds. The fraction of sp³-hybridized carbons (Fsp3) is 0.270. The van der Waals surface area contributed by atoms with Gasteiger partial charge in [0.15, 0.2) is 0 Å². The highest BCUT2D eigenvalue weighted by molar-refractivity contribution is 5.92. The van der Waals surface area contributed by atoms with Crippen LogP contribution < -0.4 is 20.1 Å². The summed E-state index contributed by atoms with van der Waals surface area (Å²) in [5.41, 5.74) is 7.68. The van der Waals surface area contributed by atoms with Gasteiger partial charge in [0.05, 0.1) is 19.8 Å². The van der Waals surface area contributed by atoms with Crippen LogP contribution in [0.5, 0.6) is 11.5 Å². The predicted octanol–water partition coefficient (Wildman–Crippen LogP) is 13.4. The molecule has 1 aliphatic carbocycles. The van der Waals surface area contributed by atoms with Gasteiger partial charge in [0.25, 0.3) is 0 Å². The summed E-state index contributed by atoms with van der Waals surface area (Å²) in [6.45, 7) is 5.45. The van der Waals surface area contributed by atoms with Gasteiger partial charge in [-0.1, -0.05) is 133 Å². The Hall–Kier alpha value is -7.40. The van der Waals surface area contributed by atoms with Gasteiger partial charge in [-0.2, -0.15) is 0 Å². The molecule has 2 heterocycles. The van der Waals surface area contributed by atoms with Crippen LogP contribution in [-0.4, -0.2) is 51.5 Å². The number of methoxy groups -OCH3 is 2. The lowest BCUT2D eigenvalue weighted by Crippen LogP contribution is -2.37.